The summed E-state index contributed by atoms with van der Waals surface area (Å²) in [6.07, 6.45) is 2.09. The highest BCUT2D eigenvalue weighted by molar-refractivity contribution is 7.98. The van der Waals surface area contributed by atoms with Crippen molar-refractivity contribution in [3.8, 4) is 0 Å². The van der Waals surface area contributed by atoms with Gasteiger partial charge in [0.25, 0.3) is 5.91 Å². The van der Waals surface area contributed by atoms with Gasteiger partial charge in [0.2, 0.25) is 0 Å². The second kappa shape index (κ2) is 9.16. The molecule has 0 spiro atoms. The zero-order valence-corrected chi connectivity index (χ0v) is 15.9. The van der Waals surface area contributed by atoms with Gasteiger partial charge in [-0.3, -0.25) is 4.79 Å². The summed E-state index contributed by atoms with van der Waals surface area (Å²) in [7, 11) is 0. The van der Waals surface area contributed by atoms with Gasteiger partial charge < -0.3 is 15.1 Å². The molecule has 1 saturated heterocycles. The number of nitrogens with one attached hydrogen (secondary N) is 3. The van der Waals surface area contributed by atoms with Crippen LogP contribution in [0.15, 0.2) is 53.4 Å². The number of carbonyl (C=O) groups is 1. The summed E-state index contributed by atoms with van der Waals surface area (Å²) in [6, 6.07) is 14.7. The van der Waals surface area contributed by atoms with E-state index in [1.165, 1.54) is 27.5 Å². The van der Waals surface area contributed by atoms with Crippen LogP contribution >= 0.6 is 11.8 Å². The Kier molecular flexibility index (Phi) is 6.66. The number of amides is 1. The Labute approximate surface area is 158 Å². The first kappa shape index (κ1) is 18.9. The maximum atomic E-state index is 12.9. The molecule has 2 aromatic rings. The maximum absolute atomic E-state index is 12.9. The van der Waals surface area contributed by atoms with Crippen molar-refractivity contribution in [3.63, 3.8) is 0 Å². The molecule has 1 amide bonds. The molecular weight excluding hydrogens is 349 g/mol. The van der Waals surface area contributed by atoms with Crippen LogP contribution in [0, 0.1) is 5.82 Å². The van der Waals surface area contributed by atoms with Crippen LogP contribution in [-0.2, 0) is 11.3 Å². The second-order valence-corrected chi connectivity index (χ2v) is 7.64. The second-order valence-electron chi connectivity index (χ2n) is 6.76. The van der Waals surface area contributed by atoms with Crippen LogP contribution in [0.5, 0.6) is 0 Å². The van der Waals surface area contributed by atoms with Crippen molar-refractivity contribution in [2.45, 2.75) is 11.4 Å². The molecule has 0 bridgehead atoms. The first-order valence-corrected chi connectivity index (χ1v) is 10.2. The number of hydrogen-bond donors (Lipinski definition) is 3. The highest BCUT2D eigenvalue weighted by Crippen LogP contribution is 2.14. The maximum Gasteiger partial charge on any atom is 0.279 e. The summed E-state index contributed by atoms with van der Waals surface area (Å²) in [6.45, 7) is 5.65. The van der Waals surface area contributed by atoms with Crippen LogP contribution in [0.1, 0.15) is 5.56 Å². The molecule has 1 aliphatic rings. The number of hydrogen-bond acceptors (Lipinski definition) is 2. The molecule has 0 aromatic heterocycles. The summed E-state index contributed by atoms with van der Waals surface area (Å²) in [5.74, 6) is -0.307. The Morgan fingerprint density at radius 2 is 1.62 bits per heavy atom. The average molecular weight is 376 g/mol. The average Bonchev–Trinajstić information content (AvgIpc) is 2.66. The van der Waals surface area contributed by atoms with Crippen LogP contribution in [0.2, 0.25) is 0 Å². The van der Waals surface area contributed by atoms with Crippen molar-refractivity contribution in [1.82, 2.24) is 0 Å². The van der Waals surface area contributed by atoms with E-state index < -0.39 is 0 Å². The number of halogens is 1. The first-order valence-electron chi connectivity index (χ1n) is 8.98. The number of rotatable bonds is 6. The molecule has 1 heterocycles. The van der Waals surface area contributed by atoms with Gasteiger partial charge in [-0.1, -0.05) is 12.1 Å². The zero-order valence-electron chi connectivity index (χ0n) is 15.1. The molecule has 0 aliphatic carbocycles. The van der Waals surface area contributed by atoms with Gasteiger partial charge in [-0.05, 0) is 42.7 Å². The third kappa shape index (κ3) is 5.56. The summed E-state index contributed by atoms with van der Waals surface area (Å²) < 4.78 is 12.9. The summed E-state index contributed by atoms with van der Waals surface area (Å²) in [5, 5.41) is 2.84. The Hall–Kier alpha value is -1.89. The molecule has 1 aliphatic heterocycles. The van der Waals surface area contributed by atoms with Crippen LogP contribution < -0.4 is 15.1 Å². The Morgan fingerprint density at radius 3 is 2.23 bits per heavy atom. The molecule has 4 nitrogen and oxygen atoms in total. The minimum Gasteiger partial charge on any atom is -0.322 e. The minimum absolute atomic E-state index is 0.0114. The summed E-state index contributed by atoms with van der Waals surface area (Å²) in [5.41, 5.74) is 2.02. The van der Waals surface area contributed by atoms with E-state index >= 15 is 0 Å². The predicted molar refractivity (Wildman–Crippen MR) is 103 cm³/mol. The van der Waals surface area contributed by atoms with E-state index in [2.05, 4.69) is 35.8 Å². The van der Waals surface area contributed by atoms with Gasteiger partial charge in [0.1, 0.15) is 38.5 Å². The zero-order chi connectivity index (χ0) is 18.4. The van der Waals surface area contributed by atoms with E-state index in [1.54, 1.807) is 28.8 Å². The first-order chi connectivity index (χ1) is 12.6. The van der Waals surface area contributed by atoms with Gasteiger partial charge in [-0.25, -0.2) is 4.39 Å². The normalized spacial score (nSPS) is 19.9. The molecular formula is C20H26FN3OS+2. The molecule has 6 heteroatoms. The topological polar surface area (TPSA) is 38.0 Å². The number of carbonyl (C=O) groups excluding carboxylic acids is 1. The van der Waals surface area contributed by atoms with Gasteiger partial charge in [0.05, 0.1) is 0 Å². The van der Waals surface area contributed by atoms with Gasteiger partial charge in [-0.2, -0.15) is 0 Å². The van der Waals surface area contributed by atoms with Crippen LogP contribution in [0.3, 0.4) is 0 Å². The van der Waals surface area contributed by atoms with Crippen molar-refractivity contribution in [2.75, 3.05) is 44.3 Å². The van der Waals surface area contributed by atoms with E-state index in [4.69, 9.17) is 0 Å². The Bertz CT molecular complexity index is 713. The van der Waals surface area contributed by atoms with Gasteiger partial charge in [0, 0.05) is 16.1 Å². The van der Waals surface area contributed by atoms with Crippen molar-refractivity contribution in [1.29, 1.82) is 0 Å². The monoisotopic (exact) mass is 375 g/mol. The van der Waals surface area contributed by atoms with Gasteiger partial charge >= 0.3 is 0 Å². The van der Waals surface area contributed by atoms with E-state index in [0.717, 1.165) is 32.7 Å². The lowest BCUT2D eigenvalue weighted by molar-refractivity contribution is -1.02. The third-order valence-electron chi connectivity index (χ3n) is 4.82. The Balaban J connectivity index is 1.41. The standard InChI is InChI=1S/C20H24FN3OS/c1-26-19-8-2-16(3-9-19)14-23-10-12-24(13-11-23)15-20(25)22-18-6-4-17(21)5-7-18/h2-9H,10-15H2,1H3,(H,22,25)/p+2. The molecule has 138 valence electrons. The summed E-state index contributed by atoms with van der Waals surface area (Å²) >= 11 is 1.76. The molecule has 3 N–H and O–H groups in total. The fourth-order valence-corrected chi connectivity index (χ4v) is 3.72. The molecule has 26 heavy (non-hydrogen) atoms. The smallest absolute Gasteiger partial charge is 0.279 e. The number of quaternary nitrogens is 2. The van der Waals surface area contributed by atoms with Gasteiger partial charge in [0.15, 0.2) is 6.54 Å². The minimum atomic E-state index is -0.296. The van der Waals surface area contributed by atoms with E-state index in [0.29, 0.717) is 12.2 Å². The number of benzene rings is 2. The summed E-state index contributed by atoms with van der Waals surface area (Å²) in [4.78, 5) is 16.3. The number of anilines is 1. The number of thioether (sulfide) groups is 1. The fraction of sp³-hybridized carbons (Fsp3) is 0.350. The highest BCUT2D eigenvalue weighted by Gasteiger charge is 2.24. The van der Waals surface area contributed by atoms with Gasteiger partial charge in [-0.15, -0.1) is 11.8 Å². The van der Waals surface area contributed by atoms with E-state index in [1.807, 2.05) is 0 Å². The lowest BCUT2D eigenvalue weighted by atomic mass is 10.2. The molecule has 1 fully saturated rings. The fourth-order valence-electron chi connectivity index (χ4n) is 3.31. The predicted octanol–water partition coefficient (Wildman–Crippen LogP) is 0.470. The van der Waals surface area contributed by atoms with E-state index in [-0.39, 0.29) is 11.7 Å². The third-order valence-corrected chi connectivity index (χ3v) is 5.56. The lowest BCUT2D eigenvalue weighted by Crippen LogP contribution is -3.28. The molecule has 0 radical (unpaired) electrons. The van der Waals surface area contributed by atoms with Crippen molar-refractivity contribution < 1.29 is 19.0 Å². The van der Waals surface area contributed by atoms with Crippen molar-refractivity contribution >= 4 is 23.4 Å². The van der Waals surface area contributed by atoms with E-state index in [9.17, 15) is 9.18 Å². The molecule has 0 unspecified atom stereocenters. The SMILES string of the molecule is CSc1ccc(C[NH+]2CC[NH+](CC(=O)Nc3ccc(F)cc3)CC2)cc1. The number of piperazine rings is 1. The molecule has 3 rings (SSSR count). The van der Waals surface area contributed by atoms with Crippen LogP contribution in [0.4, 0.5) is 10.1 Å². The van der Waals surface area contributed by atoms with Crippen LogP contribution in [0.25, 0.3) is 0 Å². The van der Waals surface area contributed by atoms with Crippen LogP contribution in [-0.4, -0.2) is 44.9 Å². The highest BCUT2D eigenvalue weighted by atomic mass is 32.2. The quantitative estimate of drug-likeness (QED) is 0.642. The molecule has 0 atom stereocenters. The van der Waals surface area contributed by atoms with Crippen molar-refractivity contribution in [3.05, 3.63) is 59.9 Å². The Morgan fingerprint density at radius 1 is 1.00 bits per heavy atom. The largest absolute Gasteiger partial charge is 0.322 e. The lowest BCUT2D eigenvalue weighted by Gasteiger charge is -2.29. The molecule has 0 saturated carbocycles. The van der Waals surface area contributed by atoms with Crippen molar-refractivity contribution in [2.24, 2.45) is 0 Å². The molecule has 2 aromatic carbocycles.